The Labute approximate surface area is 357 Å². The van der Waals surface area contributed by atoms with Crippen LogP contribution in [-0.4, -0.2) is 11.4 Å². The number of nitrogens with zero attached hydrogens (tertiary/aromatic N) is 2. The largest absolute Gasteiger partial charge is 0.252 e. The third kappa shape index (κ3) is 28.5. The molecule has 0 radical (unpaired) electrons. The zero-order chi connectivity index (χ0) is 38.6. The molecule has 0 aromatic heterocycles. The molecule has 0 fully saturated rings. The predicted octanol–water partition coefficient (Wildman–Crippen LogP) is 18.2. The van der Waals surface area contributed by atoms with E-state index in [9.17, 15) is 0 Å². The van der Waals surface area contributed by atoms with Crippen LogP contribution in [-0.2, 0) is 33.3 Å². The molecular formula is C52H88N2Pd. The molecule has 0 heterocycles. The van der Waals surface area contributed by atoms with E-state index in [-0.39, 0.29) is 20.4 Å². The van der Waals surface area contributed by atoms with Crippen LogP contribution in [0.5, 0.6) is 0 Å². The van der Waals surface area contributed by atoms with Crippen molar-refractivity contribution in [3.63, 3.8) is 0 Å². The molecule has 2 rings (SSSR count). The first-order valence-corrected chi connectivity index (χ1v) is 24.0. The molecule has 0 amide bonds. The summed E-state index contributed by atoms with van der Waals surface area (Å²) in [5.74, 6) is 0. The van der Waals surface area contributed by atoms with Gasteiger partial charge >= 0.3 is 0 Å². The summed E-state index contributed by atoms with van der Waals surface area (Å²) in [7, 11) is 0. The van der Waals surface area contributed by atoms with Crippen molar-refractivity contribution in [2.45, 2.75) is 246 Å². The van der Waals surface area contributed by atoms with Crippen molar-refractivity contribution in [3.05, 3.63) is 59.7 Å². The van der Waals surface area contributed by atoms with Gasteiger partial charge in [-0.05, 0) is 86.8 Å². The first kappa shape index (κ1) is 51.5. The van der Waals surface area contributed by atoms with Gasteiger partial charge in [0.05, 0.1) is 22.8 Å². The van der Waals surface area contributed by atoms with Crippen LogP contribution >= 0.6 is 0 Å². The number of aryl methyl sites for hydroxylation is 2. The normalized spacial score (nSPS) is 12.0. The molecule has 55 heavy (non-hydrogen) atoms. The fraction of sp³-hybridized carbons (Fsp3) is 0.731. The summed E-state index contributed by atoms with van der Waals surface area (Å²) in [6.45, 7) is 9.21. The Balaban J connectivity index is 0.0000151. The first-order valence-electron chi connectivity index (χ1n) is 24.0. The number of hydrogen-bond donors (Lipinski definition) is 0. The molecule has 316 valence electrons. The van der Waals surface area contributed by atoms with Gasteiger partial charge in [-0.3, -0.25) is 9.98 Å². The van der Waals surface area contributed by atoms with E-state index in [4.69, 9.17) is 9.98 Å². The number of benzene rings is 2. The molecule has 0 saturated heterocycles. The summed E-state index contributed by atoms with van der Waals surface area (Å²) < 4.78 is 0. The Bertz CT molecular complexity index is 1170. The monoisotopic (exact) mass is 847 g/mol. The summed E-state index contributed by atoms with van der Waals surface area (Å²) in [6, 6.07) is 18.4. The minimum absolute atomic E-state index is 0. The maximum Gasteiger partial charge on any atom is 0.0633 e. The van der Waals surface area contributed by atoms with Crippen molar-refractivity contribution in [1.82, 2.24) is 0 Å². The van der Waals surface area contributed by atoms with Crippen molar-refractivity contribution in [2.24, 2.45) is 9.98 Å². The van der Waals surface area contributed by atoms with Crippen molar-refractivity contribution >= 4 is 22.8 Å². The summed E-state index contributed by atoms with van der Waals surface area (Å²) in [4.78, 5) is 10.8. The summed E-state index contributed by atoms with van der Waals surface area (Å²) >= 11 is 0. The van der Waals surface area contributed by atoms with Crippen molar-refractivity contribution in [2.75, 3.05) is 0 Å². The average molecular weight is 848 g/mol. The topological polar surface area (TPSA) is 24.7 Å². The number of hydrogen-bond acceptors (Lipinski definition) is 2. The maximum atomic E-state index is 5.38. The molecule has 0 bridgehead atoms. The van der Waals surface area contributed by atoms with Crippen LogP contribution in [0, 0.1) is 0 Å². The van der Waals surface area contributed by atoms with Gasteiger partial charge in [0.15, 0.2) is 0 Å². The molecule has 0 aliphatic heterocycles. The van der Waals surface area contributed by atoms with Gasteiger partial charge in [0, 0.05) is 20.4 Å². The summed E-state index contributed by atoms with van der Waals surface area (Å²) in [5.41, 5.74) is 7.54. The van der Waals surface area contributed by atoms with E-state index in [1.165, 1.54) is 228 Å². The number of unbranched alkanes of at least 4 members (excludes halogenated alkanes) is 26. The smallest absolute Gasteiger partial charge is 0.0633 e. The van der Waals surface area contributed by atoms with E-state index in [1.807, 2.05) is 0 Å². The van der Waals surface area contributed by atoms with Crippen LogP contribution in [0.15, 0.2) is 58.5 Å². The Morgan fingerprint density at radius 1 is 0.309 bits per heavy atom. The van der Waals surface area contributed by atoms with Gasteiger partial charge in [0.1, 0.15) is 0 Å². The van der Waals surface area contributed by atoms with Crippen molar-refractivity contribution < 1.29 is 20.4 Å². The molecule has 0 aliphatic carbocycles. The molecule has 0 unspecified atom stereocenters. The van der Waals surface area contributed by atoms with E-state index in [0.717, 1.165) is 24.2 Å². The Kier molecular flexibility index (Phi) is 35.5. The van der Waals surface area contributed by atoms with Crippen LogP contribution in [0.2, 0.25) is 0 Å². The van der Waals surface area contributed by atoms with Gasteiger partial charge in [-0.2, -0.15) is 0 Å². The Hall–Kier alpha value is -1.56. The fourth-order valence-corrected chi connectivity index (χ4v) is 7.74. The fourth-order valence-electron chi connectivity index (χ4n) is 7.74. The molecule has 0 spiro atoms. The quantitative estimate of drug-likeness (QED) is 0.0368. The van der Waals surface area contributed by atoms with Gasteiger partial charge in [-0.15, -0.1) is 0 Å². The molecule has 2 aromatic carbocycles. The van der Waals surface area contributed by atoms with Crippen molar-refractivity contribution in [1.29, 1.82) is 0 Å². The summed E-state index contributed by atoms with van der Waals surface area (Å²) in [5, 5.41) is 0. The maximum absolute atomic E-state index is 5.38. The predicted molar refractivity (Wildman–Crippen MR) is 245 cm³/mol. The molecule has 2 nitrogen and oxygen atoms in total. The number of rotatable bonds is 37. The summed E-state index contributed by atoms with van der Waals surface area (Å²) in [6.07, 6.45) is 45.1. The van der Waals surface area contributed by atoms with Crippen LogP contribution in [0.3, 0.4) is 0 Å². The Morgan fingerprint density at radius 3 is 0.836 bits per heavy atom. The molecule has 3 heteroatoms. The minimum atomic E-state index is 0. The molecule has 0 saturated carbocycles. The van der Waals surface area contributed by atoms with Crippen LogP contribution < -0.4 is 0 Å². The SMILES string of the molecule is CCCCCCCCCCCCc1ccc(/N=C(CCCCCC)/C(CCCCCCCC)=N/c2ccc(CCCCCCCCCCCC)cc2)cc1.[Pd]. The second-order valence-corrected chi connectivity index (χ2v) is 16.6. The molecular weight excluding hydrogens is 759 g/mol. The van der Waals surface area contributed by atoms with Gasteiger partial charge in [-0.1, -0.05) is 219 Å². The van der Waals surface area contributed by atoms with Crippen molar-refractivity contribution in [3.8, 4) is 0 Å². The average Bonchev–Trinajstić information content (AvgIpc) is 3.19. The van der Waals surface area contributed by atoms with Crippen LogP contribution in [0.25, 0.3) is 0 Å². The van der Waals surface area contributed by atoms with Gasteiger partial charge < -0.3 is 0 Å². The van der Waals surface area contributed by atoms with E-state index in [1.54, 1.807) is 0 Å². The third-order valence-corrected chi connectivity index (χ3v) is 11.4. The van der Waals surface area contributed by atoms with E-state index >= 15 is 0 Å². The van der Waals surface area contributed by atoms with Gasteiger partial charge in [0.25, 0.3) is 0 Å². The zero-order valence-electron chi connectivity index (χ0n) is 36.9. The molecule has 0 aliphatic rings. The van der Waals surface area contributed by atoms with Crippen LogP contribution in [0.1, 0.15) is 244 Å². The minimum Gasteiger partial charge on any atom is -0.252 e. The van der Waals surface area contributed by atoms with E-state index < -0.39 is 0 Å². The van der Waals surface area contributed by atoms with Gasteiger partial charge in [0.2, 0.25) is 0 Å². The molecule has 2 aromatic rings. The van der Waals surface area contributed by atoms with E-state index in [2.05, 4.69) is 76.2 Å². The zero-order valence-corrected chi connectivity index (χ0v) is 38.4. The van der Waals surface area contributed by atoms with E-state index in [0.29, 0.717) is 0 Å². The third-order valence-electron chi connectivity index (χ3n) is 11.4. The second-order valence-electron chi connectivity index (χ2n) is 16.6. The first-order chi connectivity index (χ1) is 26.7. The molecule has 0 atom stereocenters. The van der Waals surface area contributed by atoms with Crippen LogP contribution in [0.4, 0.5) is 11.4 Å². The second kappa shape index (κ2) is 38.0. The van der Waals surface area contributed by atoms with Gasteiger partial charge in [-0.25, -0.2) is 0 Å². The Morgan fingerprint density at radius 2 is 0.545 bits per heavy atom. The molecule has 0 N–H and O–H groups in total. The standard InChI is InChI=1S/C52H88N2.Pd/c1-5-9-13-17-20-22-24-26-28-31-35-47-39-43-49(44-40-47)53-51(37-33-16-12-8-4)52(38-34-30-19-15-11-7-3)54-50-45-41-48(42-46-50)36-32-29-27-25-23-21-18-14-10-6-2;/h39-46H,5-38H2,1-4H3;/b53-51+,54-52+;. The number of aliphatic imine (C=N–C) groups is 2.